The van der Waals surface area contributed by atoms with Crippen molar-refractivity contribution in [2.24, 2.45) is 0 Å². The minimum atomic E-state index is -1.21. The van der Waals surface area contributed by atoms with Crippen LogP contribution in [0.25, 0.3) is 11.3 Å². The normalized spacial score (nSPS) is 10.5. The van der Waals surface area contributed by atoms with Gasteiger partial charge in [0, 0.05) is 17.7 Å². The number of carbonyl (C=O) groups excluding carboxylic acids is 1. The number of aryl methyl sites for hydroxylation is 1. The molecular weight excluding hydrogens is 337 g/mol. The van der Waals surface area contributed by atoms with Crippen LogP contribution < -0.4 is 5.32 Å². The molecule has 26 heavy (non-hydrogen) atoms. The number of carboxylic acid groups (broad SMARTS) is 1. The van der Waals surface area contributed by atoms with Crippen LogP contribution >= 0.6 is 0 Å². The zero-order valence-electron chi connectivity index (χ0n) is 13.9. The number of nitrogens with one attached hydrogen (secondary N) is 1. The third-order valence-corrected chi connectivity index (χ3v) is 3.85. The summed E-state index contributed by atoms with van der Waals surface area (Å²) in [5.74, 6) is -2.08. The third-order valence-electron chi connectivity index (χ3n) is 3.85. The van der Waals surface area contributed by atoms with E-state index in [9.17, 15) is 19.1 Å². The lowest BCUT2D eigenvalue weighted by molar-refractivity contribution is 0.0684. The second kappa shape index (κ2) is 7.18. The van der Waals surface area contributed by atoms with Gasteiger partial charge in [0.1, 0.15) is 17.2 Å². The van der Waals surface area contributed by atoms with Crippen LogP contribution in [0.4, 0.5) is 10.1 Å². The van der Waals surface area contributed by atoms with Crippen molar-refractivity contribution in [1.82, 2.24) is 9.78 Å². The summed E-state index contributed by atoms with van der Waals surface area (Å²) in [6.45, 7) is 2.05. The SMILES string of the molecule is CCn1nc(-c2ccc(F)cc2)c(NC(=O)c2ccccc2)c1C(=O)O. The Hall–Kier alpha value is -3.48. The summed E-state index contributed by atoms with van der Waals surface area (Å²) in [6.07, 6.45) is 0. The molecule has 0 saturated carbocycles. The van der Waals surface area contributed by atoms with E-state index in [-0.39, 0.29) is 17.1 Å². The molecule has 3 aromatic rings. The number of carbonyl (C=O) groups is 2. The molecule has 0 saturated heterocycles. The lowest BCUT2D eigenvalue weighted by Gasteiger charge is -2.08. The van der Waals surface area contributed by atoms with Crippen molar-refractivity contribution in [3.63, 3.8) is 0 Å². The molecule has 0 aliphatic heterocycles. The van der Waals surface area contributed by atoms with Gasteiger partial charge in [0.05, 0.1) is 0 Å². The van der Waals surface area contributed by atoms with Crippen molar-refractivity contribution in [1.29, 1.82) is 0 Å². The first-order valence-corrected chi connectivity index (χ1v) is 7.97. The van der Waals surface area contributed by atoms with E-state index in [0.717, 1.165) is 0 Å². The maximum atomic E-state index is 13.2. The molecule has 0 radical (unpaired) electrons. The minimum Gasteiger partial charge on any atom is -0.476 e. The zero-order chi connectivity index (χ0) is 18.7. The topological polar surface area (TPSA) is 84.2 Å². The molecule has 6 nitrogen and oxygen atoms in total. The summed E-state index contributed by atoms with van der Waals surface area (Å²) in [7, 11) is 0. The Kier molecular flexibility index (Phi) is 4.79. The maximum absolute atomic E-state index is 13.2. The summed E-state index contributed by atoms with van der Waals surface area (Å²) >= 11 is 0. The van der Waals surface area contributed by atoms with Gasteiger partial charge in [0.25, 0.3) is 5.91 Å². The van der Waals surface area contributed by atoms with Gasteiger partial charge in [0.15, 0.2) is 5.69 Å². The summed E-state index contributed by atoms with van der Waals surface area (Å²) in [5, 5.41) is 16.5. The quantitative estimate of drug-likeness (QED) is 0.733. The Labute approximate surface area is 148 Å². The van der Waals surface area contributed by atoms with Crippen LogP contribution in [0.15, 0.2) is 54.6 Å². The number of hydrogen-bond acceptors (Lipinski definition) is 3. The summed E-state index contributed by atoms with van der Waals surface area (Å²) < 4.78 is 14.5. The molecule has 2 N–H and O–H groups in total. The molecule has 1 amide bonds. The first-order chi connectivity index (χ1) is 12.5. The van der Waals surface area contributed by atoms with Crippen molar-refractivity contribution < 1.29 is 19.1 Å². The van der Waals surface area contributed by atoms with Gasteiger partial charge in [-0.25, -0.2) is 9.18 Å². The van der Waals surface area contributed by atoms with Crippen molar-refractivity contribution in [3.05, 3.63) is 71.7 Å². The molecule has 7 heteroatoms. The molecule has 0 aliphatic carbocycles. The number of rotatable bonds is 5. The largest absolute Gasteiger partial charge is 0.476 e. The molecule has 2 aromatic carbocycles. The minimum absolute atomic E-state index is 0.0832. The number of halogens is 1. The Morgan fingerprint density at radius 1 is 1.12 bits per heavy atom. The van der Waals surface area contributed by atoms with Gasteiger partial charge in [0.2, 0.25) is 0 Å². The van der Waals surface area contributed by atoms with Crippen LogP contribution in [-0.4, -0.2) is 26.8 Å². The van der Waals surface area contributed by atoms with E-state index < -0.39 is 17.7 Å². The first-order valence-electron chi connectivity index (χ1n) is 7.97. The van der Waals surface area contributed by atoms with Crippen molar-refractivity contribution >= 4 is 17.6 Å². The summed E-state index contributed by atoms with van der Waals surface area (Å²) in [5.41, 5.74) is 1.12. The molecule has 1 aromatic heterocycles. The van der Waals surface area contributed by atoms with Gasteiger partial charge in [-0.1, -0.05) is 18.2 Å². The van der Waals surface area contributed by atoms with Gasteiger partial charge < -0.3 is 10.4 Å². The van der Waals surface area contributed by atoms with Crippen molar-refractivity contribution in [3.8, 4) is 11.3 Å². The van der Waals surface area contributed by atoms with E-state index in [1.165, 1.54) is 28.9 Å². The predicted octanol–water partition coefficient (Wildman–Crippen LogP) is 3.66. The highest BCUT2D eigenvalue weighted by atomic mass is 19.1. The number of hydrogen-bond donors (Lipinski definition) is 2. The van der Waals surface area contributed by atoms with Gasteiger partial charge in [-0.15, -0.1) is 0 Å². The highest BCUT2D eigenvalue weighted by Crippen LogP contribution is 2.31. The second-order valence-corrected chi connectivity index (χ2v) is 5.52. The molecule has 1 heterocycles. The summed E-state index contributed by atoms with van der Waals surface area (Å²) in [6, 6.07) is 13.9. The number of aromatic nitrogens is 2. The Morgan fingerprint density at radius 2 is 1.77 bits per heavy atom. The first kappa shape index (κ1) is 17.3. The second-order valence-electron chi connectivity index (χ2n) is 5.52. The monoisotopic (exact) mass is 353 g/mol. The summed E-state index contributed by atoms with van der Waals surface area (Å²) in [4.78, 5) is 24.3. The molecule has 132 valence electrons. The van der Waals surface area contributed by atoms with E-state index in [2.05, 4.69) is 10.4 Å². The molecule has 0 fully saturated rings. The number of anilines is 1. The fraction of sp³-hybridized carbons (Fsp3) is 0.105. The number of amides is 1. The van der Waals surface area contributed by atoms with Crippen LogP contribution in [0, 0.1) is 5.82 Å². The van der Waals surface area contributed by atoms with Gasteiger partial charge in [-0.2, -0.15) is 5.10 Å². The molecule has 0 aliphatic rings. The average molecular weight is 353 g/mol. The molecule has 0 spiro atoms. The number of aromatic carboxylic acids is 1. The van der Waals surface area contributed by atoms with E-state index in [4.69, 9.17) is 0 Å². The maximum Gasteiger partial charge on any atom is 0.356 e. The van der Waals surface area contributed by atoms with E-state index >= 15 is 0 Å². The molecular formula is C19H16FN3O3. The number of nitrogens with zero attached hydrogens (tertiary/aromatic N) is 2. The zero-order valence-corrected chi connectivity index (χ0v) is 13.9. The highest BCUT2D eigenvalue weighted by molar-refractivity contribution is 6.09. The van der Waals surface area contributed by atoms with Gasteiger partial charge in [-0.3, -0.25) is 9.48 Å². The van der Waals surface area contributed by atoms with Crippen LogP contribution in [0.5, 0.6) is 0 Å². The Balaban J connectivity index is 2.11. The molecule has 0 bridgehead atoms. The lowest BCUT2D eigenvalue weighted by Crippen LogP contribution is -2.16. The third kappa shape index (κ3) is 3.32. The van der Waals surface area contributed by atoms with Gasteiger partial charge in [-0.05, 0) is 43.3 Å². The van der Waals surface area contributed by atoms with Crippen molar-refractivity contribution in [2.45, 2.75) is 13.5 Å². The number of benzene rings is 2. The lowest BCUT2D eigenvalue weighted by atomic mass is 10.1. The van der Waals surface area contributed by atoms with Crippen molar-refractivity contribution in [2.75, 3.05) is 5.32 Å². The standard InChI is InChI=1S/C19H16FN3O3/c1-2-23-17(19(25)26)16(21-18(24)13-6-4-3-5-7-13)15(22-23)12-8-10-14(20)11-9-12/h3-11H,2H2,1H3,(H,21,24)(H,25,26). The molecule has 3 rings (SSSR count). The van der Waals surface area contributed by atoms with Crippen LogP contribution in [0.1, 0.15) is 27.8 Å². The average Bonchev–Trinajstić information content (AvgIpc) is 3.01. The van der Waals surface area contributed by atoms with E-state index in [1.54, 1.807) is 37.3 Å². The highest BCUT2D eigenvalue weighted by Gasteiger charge is 2.25. The molecule has 0 atom stereocenters. The predicted molar refractivity (Wildman–Crippen MR) is 94.6 cm³/mol. The van der Waals surface area contributed by atoms with Crippen LogP contribution in [0.2, 0.25) is 0 Å². The van der Waals surface area contributed by atoms with Crippen LogP contribution in [-0.2, 0) is 6.54 Å². The fourth-order valence-electron chi connectivity index (χ4n) is 2.61. The fourth-order valence-corrected chi connectivity index (χ4v) is 2.61. The number of carboxylic acids is 1. The van der Waals surface area contributed by atoms with Crippen LogP contribution in [0.3, 0.4) is 0 Å². The Bertz CT molecular complexity index is 950. The van der Waals surface area contributed by atoms with E-state index in [1.807, 2.05) is 0 Å². The smallest absolute Gasteiger partial charge is 0.356 e. The molecule has 0 unspecified atom stereocenters. The Morgan fingerprint density at radius 3 is 2.35 bits per heavy atom. The van der Waals surface area contributed by atoms with E-state index in [0.29, 0.717) is 17.7 Å². The van der Waals surface area contributed by atoms with Gasteiger partial charge >= 0.3 is 5.97 Å².